The molecule has 3 aromatic rings. The predicted octanol–water partition coefficient (Wildman–Crippen LogP) is 4.69. The van der Waals surface area contributed by atoms with E-state index in [0.717, 1.165) is 5.56 Å². The first-order valence-corrected chi connectivity index (χ1v) is 11.6. The van der Waals surface area contributed by atoms with Crippen LogP contribution in [0.1, 0.15) is 11.6 Å². The summed E-state index contributed by atoms with van der Waals surface area (Å²) in [5.41, 5.74) is 1.65. The van der Waals surface area contributed by atoms with Crippen molar-refractivity contribution >= 4 is 39.8 Å². The summed E-state index contributed by atoms with van der Waals surface area (Å²) in [4.78, 5) is 14.4. The standard InChI is InChI=1S/C21H22F3N5O2S2/c1-29(2)17(14-6-4-3-5-7-14)12-25-18(30)13-32-20-28-27-19(33-20)26-15-8-10-16(11-9-15)31-21(22,23)24/h3-11,17H,12-13H2,1-2H3,(H,25,30)(H,26,27)/t17-/m1/s1. The topological polar surface area (TPSA) is 79.4 Å². The molecule has 0 saturated carbocycles. The smallest absolute Gasteiger partial charge is 0.406 e. The zero-order valence-electron chi connectivity index (χ0n) is 17.8. The fourth-order valence-corrected chi connectivity index (χ4v) is 4.45. The van der Waals surface area contributed by atoms with Gasteiger partial charge < -0.3 is 20.3 Å². The highest BCUT2D eigenvalue weighted by molar-refractivity contribution is 8.01. The van der Waals surface area contributed by atoms with Crippen molar-refractivity contribution < 1.29 is 22.7 Å². The molecule has 1 heterocycles. The molecule has 1 atom stereocenters. The Morgan fingerprint density at radius 3 is 2.45 bits per heavy atom. The quantitative estimate of drug-likeness (QED) is 0.394. The van der Waals surface area contributed by atoms with Gasteiger partial charge in [-0.15, -0.1) is 23.4 Å². The van der Waals surface area contributed by atoms with E-state index in [1.165, 1.54) is 47.4 Å². The van der Waals surface area contributed by atoms with Crippen LogP contribution in [-0.4, -0.2) is 53.8 Å². The Kier molecular flexibility index (Phi) is 8.53. The largest absolute Gasteiger partial charge is 0.573 e. The first kappa shape index (κ1) is 24.8. The number of halogens is 3. The molecule has 0 bridgehead atoms. The molecule has 1 amide bonds. The molecule has 0 spiro atoms. The lowest BCUT2D eigenvalue weighted by atomic mass is 10.1. The van der Waals surface area contributed by atoms with Crippen molar-refractivity contribution in [3.63, 3.8) is 0 Å². The van der Waals surface area contributed by atoms with Crippen molar-refractivity contribution in [3.05, 3.63) is 60.2 Å². The number of carbonyl (C=O) groups excluding carboxylic acids is 1. The maximum atomic E-state index is 12.3. The fourth-order valence-electron chi connectivity index (χ4n) is 2.84. The molecule has 0 radical (unpaired) electrons. The van der Waals surface area contributed by atoms with Crippen LogP contribution >= 0.6 is 23.1 Å². The van der Waals surface area contributed by atoms with Gasteiger partial charge in [0.05, 0.1) is 11.8 Å². The summed E-state index contributed by atoms with van der Waals surface area (Å²) in [5, 5.41) is 14.4. The van der Waals surface area contributed by atoms with Gasteiger partial charge in [-0.3, -0.25) is 4.79 Å². The second-order valence-electron chi connectivity index (χ2n) is 7.05. The van der Waals surface area contributed by atoms with Gasteiger partial charge in [-0.2, -0.15) is 0 Å². The maximum Gasteiger partial charge on any atom is 0.573 e. The summed E-state index contributed by atoms with van der Waals surface area (Å²) in [7, 11) is 3.93. The Hall–Kier alpha value is -2.83. The summed E-state index contributed by atoms with van der Waals surface area (Å²) >= 11 is 2.50. The van der Waals surface area contributed by atoms with Gasteiger partial charge in [-0.25, -0.2) is 0 Å². The highest BCUT2D eigenvalue weighted by atomic mass is 32.2. The molecule has 7 nitrogen and oxygen atoms in total. The maximum absolute atomic E-state index is 12.3. The monoisotopic (exact) mass is 497 g/mol. The molecule has 3 rings (SSSR count). The molecule has 0 saturated heterocycles. The molecule has 0 aliphatic rings. The van der Waals surface area contributed by atoms with E-state index in [4.69, 9.17) is 0 Å². The molecular formula is C21H22F3N5O2S2. The number of anilines is 2. The van der Waals surface area contributed by atoms with Crippen LogP contribution in [-0.2, 0) is 4.79 Å². The van der Waals surface area contributed by atoms with E-state index in [2.05, 4.69) is 25.6 Å². The van der Waals surface area contributed by atoms with Crippen LogP contribution in [0.5, 0.6) is 5.75 Å². The van der Waals surface area contributed by atoms with Crippen LogP contribution in [0.4, 0.5) is 24.0 Å². The number of benzene rings is 2. The minimum atomic E-state index is -4.73. The Bertz CT molecular complexity index is 1030. The molecule has 2 N–H and O–H groups in total. The number of carbonyl (C=O) groups is 1. The van der Waals surface area contributed by atoms with Crippen LogP contribution in [0, 0.1) is 0 Å². The second-order valence-corrected chi connectivity index (χ2v) is 9.25. The van der Waals surface area contributed by atoms with E-state index in [0.29, 0.717) is 21.7 Å². The van der Waals surface area contributed by atoms with Crippen LogP contribution < -0.4 is 15.4 Å². The summed E-state index contributed by atoms with van der Waals surface area (Å²) < 4.78 is 41.1. The summed E-state index contributed by atoms with van der Waals surface area (Å²) in [6, 6.07) is 15.3. The van der Waals surface area contributed by atoms with Gasteiger partial charge in [0.2, 0.25) is 11.0 Å². The SMILES string of the molecule is CN(C)[C@H](CNC(=O)CSc1nnc(Nc2ccc(OC(F)(F)F)cc2)s1)c1ccccc1. The van der Waals surface area contributed by atoms with E-state index in [1.54, 1.807) is 0 Å². The van der Waals surface area contributed by atoms with Crippen LogP contribution in [0.15, 0.2) is 58.9 Å². The van der Waals surface area contributed by atoms with Crippen molar-refractivity contribution in [1.29, 1.82) is 0 Å². The Labute approximate surface area is 197 Å². The van der Waals surface area contributed by atoms with Crippen molar-refractivity contribution in [1.82, 2.24) is 20.4 Å². The lowest BCUT2D eigenvalue weighted by Gasteiger charge is -2.25. The zero-order chi connectivity index (χ0) is 23.8. The molecule has 33 heavy (non-hydrogen) atoms. The first-order valence-electron chi connectivity index (χ1n) is 9.77. The number of amides is 1. The molecule has 176 valence electrons. The average Bonchev–Trinajstić information content (AvgIpc) is 3.20. The van der Waals surface area contributed by atoms with Gasteiger partial charge in [0.1, 0.15) is 5.75 Å². The minimum Gasteiger partial charge on any atom is -0.406 e. The predicted molar refractivity (Wildman–Crippen MR) is 123 cm³/mol. The third-order valence-corrected chi connectivity index (χ3v) is 6.34. The Morgan fingerprint density at radius 1 is 1.12 bits per heavy atom. The Balaban J connectivity index is 1.46. The molecule has 1 aromatic heterocycles. The van der Waals surface area contributed by atoms with E-state index in [9.17, 15) is 18.0 Å². The van der Waals surface area contributed by atoms with Crippen molar-refractivity contribution in [3.8, 4) is 5.75 Å². The molecule has 0 unspecified atom stereocenters. The van der Waals surface area contributed by atoms with E-state index >= 15 is 0 Å². The Morgan fingerprint density at radius 2 is 1.82 bits per heavy atom. The third-order valence-electron chi connectivity index (χ3n) is 4.37. The van der Waals surface area contributed by atoms with Crippen LogP contribution in [0.25, 0.3) is 0 Å². The van der Waals surface area contributed by atoms with Gasteiger partial charge in [0, 0.05) is 12.2 Å². The highest BCUT2D eigenvalue weighted by Crippen LogP contribution is 2.29. The molecule has 2 aromatic carbocycles. The summed E-state index contributed by atoms with van der Waals surface area (Å²) in [6.45, 7) is 0.480. The lowest BCUT2D eigenvalue weighted by molar-refractivity contribution is -0.274. The normalized spacial score (nSPS) is 12.4. The minimum absolute atomic E-state index is 0.0606. The number of alkyl halides is 3. The molecule has 12 heteroatoms. The molecular weight excluding hydrogens is 475 g/mol. The number of aromatic nitrogens is 2. The van der Waals surface area contributed by atoms with Crippen LogP contribution in [0.2, 0.25) is 0 Å². The number of likely N-dealkylation sites (N-methyl/N-ethyl adjacent to an activating group) is 1. The number of nitrogens with zero attached hydrogens (tertiary/aromatic N) is 3. The van der Waals surface area contributed by atoms with E-state index in [-0.39, 0.29) is 23.5 Å². The number of ether oxygens (including phenoxy) is 1. The third kappa shape index (κ3) is 8.22. The second kappa shape index (κ2) is 11.3. The number of rotatable bonds is 10. The summed E-state index contributed by atoms with van der Waals surface area (Å²) in [6.07, 6.45) is -4.73. The van der Waals surface area contributed by atoms with Gasteiger partial charge in [-0.1, -0.05) is 53.4 Å². The number of nitrogens with one attached hydrogen (secondary N) is 2. The highest BCUT2D eigenvalue weighted by Gasteiger charge is 2.31. The van der Waals surface area contributed by atoms with Crippen LogP contribution in [0.3, 0.4) is 0 Å². The lowest BCUT2D eigenvalue weighted by Crippen LogP contribution is -2.35. The number of hydrogen-bond acceptors (Lipinski definition) is 8. The molecule has 0 aliphatic carbocycles. The summed E-state index contributed by atoms with van der Waals surface area (Å²) in [5.74, 6) is -0.239. The van der Waals surface area contributed by atoms with Gasteiger partial charge in [-0.05, 0) is 43.9 Å². The average molecular weight is 498 g/mol. The zero-order valence-corrected chi connectivity index (χ0v) is 19.4. The van der Waals surface area contributed by atoms with Crippen molar-refractivity contribution in [2.75, 3.05) is 31.7 Å². The fraction of sp³-hybridized carbons (Fsp3) is 0.286. The molecule has 0 fully saturated rings. The molecule has 0 aliphatic heterocycles. The first-order chi connectivity index (χ1) is 15.7. The van der Waals surface area contributed by atoms with Gasteiger partial charge >= 0.3 is 6.36 Å². The number of hydrogen-bond donors (Lipinski definition) is 2. The van der Waals surface area contributed by atoms with Crippen molar-refractivity contribution in [2.45, 2.75) is 16.7 Å². The van der Waals surface area contributed by atoms with Gasteiger partial charge in [0.15, 0.2) is 4.34 Å². The van der Waals surface area contributed by atoms with E-state index in [1.807, 2.05) is 49.3 Å². The van der Waals surface area contributed by atoms with E-state index < -0.39 is 6.36 Å². The van der Waals surface area contributed by atoms with Crippen molar-refractivity contribution in [2.24, 2.45) is 0 Å². The number of thioether (sulfide) groups is 1. The van der Waals surface area contributed by atoms with Gasteiger partial charge in [0.25, 0.3) is 0 Å².